The van der Waals surface area contributed by atoms with Crippen LogP contribution in [0.3, 0.4) is 0 Å². The van der Waals surface area contributed by atoms with Gasteiger partial charge in [-0.15, -0.1) is 0 Å². The second kappa shape index (κ2) is 5.81. The number of ether oxygens (including phenoxy) is 1. The minimum Gasteiger partial charge on any atom is -0.496 e. The van der Waals surface area contributed by atoms with Crippen molar-refractivity contribution in [3.8, 4) is 5.75 Å². The van der Waals surface area contributed by atoms with Crippen molar-refractivity contribution in [1.82, 2.24) is 10.2 Å². The molecule has 0 spiro atoms. The van der Waals surface area contributed by atoms with E-state index in [2.05, 4.69) is 53.7 Å². The Balaban J connectivity index is 1.89. The molecule has 3 nitrogen and oxygen atoms in total. The number of likely N-dealkylation sites (N-methyl/N-ethyl adjacent to an activating group) is 1. The maximum absolute atomic E-state index is 5.46. The first-order valence-corrected chi connectivity index (χ1v) is 7.26. The van der Waals surface area contributed by atoms with Crippen LogP contribution in [0.1, 0.15) is 12.0 Å². The molecule has 106 valence electrons. The third-order valence-corrected chi connectivity index (χ3v) is 4.27. The van der Waals surface area contributed by atoms with Gasteiger partial charge in [0.1, 0.15) is 5.75 Å². The first-order valence-electron chi connectivity index (χ1n) is 7.26. The average molecular weight is 270 g/mol. The van der Waals surface area contributed by atoms with Crippen molar-refractivity contribution in [2.24, 2.45) is 0 Å². The summed E-state index contributed by atoms with van der Waals surface area (Å²) < 4.78 is 5.46. The molecule has 1 fully saturated rings. The van der Waals surface area contributed by atoms with Crippen molar-refractivity contribution in [3.05, 3.63) is 42.0 Å². The SMILES string of the molecule is CNC1CCN(Cc2ccc(OC)c3ccccc23)C1. The molecule has 20 heavy (non-hydrogen) atoms. The summed E-state index contributed by atoms with van der Waals surface area (Å²) in [5.41, 5.74) is 1.39. The highest BCUT2D eigenvalue weighted by Crippen LogP contribution is 2.29. The van der Waals surface area contributed by atoms with E-state index in [4.69, 9.17) is 4.74 Å². The van der Waals surface area contributed by atoms with Crippen LogP contribution in [-0.2, 0) is 6.54 Å². The van der Waals surface area contributed by atoms with E-state index in [0.717, 1.165) is 18.8 Å². The van der Waals surface area contributed by atoms with Gasteiger partial charge in [-0.25, -0.2) is 0 Å². The van der Waals surface area contributed by atoms with Crippen molar-refractivity contribution in [1.29, 1.82) is 0 Å². The highest BCUT2D eigenvalue weighted by molar-refractivity contribution is 5.91. The van der Waals surface area contributed by atoms with E-state index in [9.17, 15) is 0 Å². The van der Waals surface area contributed by atoms with Crippen LogP contribution in [0.4, 0.5) is 0 Å². The van der Waals surface area contributed by atoms with E-state index in [1.54, 1.807) is 7.11 Å². The van der Waals surface area contributed by atoms with Gasteiger partial charge < -0.3 is 10.1 Å². The van der Waals surface area contributed by atoms with Crippen LogP contribution >= 0.6 is 0 Å². The minimum atomic E-state index is 0.638. The standard InChI is InChI=1S/C17H22N2O/c1-18-14-9-10-19(12-14)11-13-7-8-17(20-2)16-6-4-3-5-15(13)16/h3-8,14,18H,9-12H2,1-2H3. The Bertz CT molecular complexity index is 597. The summed E-state index contributed by atoms with van der Waals surface area (Å²) in [5, 5.41) is 5.88. The topological polar surface area (TPSA) is 24.5 Å². The monoisotopic (exact) mass is 270 g/mol. The number of rotatable bonds is 4. The summed E-state index contributed by atoms with van der Waals surface area (Å²) in [5.74, 6) is 0.957. The molecule has 1 unspecified atom stereocenters. The molecule has 1 N–H and O–H groups in total. The molecule has 2 aromatic rings. The molecule has 0 radical (unpaired) electrons. The largest absolute Gasteiger partial charge is 0.496 e. The van der Waals surface area contributed by atoms with E-state index in [1.165, 1.54) is 29.3 Å². The Hall–Kier alpha value is -1.58. The van der Waals surface area contributed by atoms with E-state index < -0.39 is 0 Å². The lowest BCUT2D eigenvalue weighted by molar-refractivity contribution is 0.323. The Kier molecular flexibility index (Phi) is 3.90. The van der Waals surface area contributed by atoms with Gasteiger partial charge in [-0.2, -0.15) is 0 Å². The molecule has 3 rings (SSSR count). The van der Waals surface area contributed by atoms with Gasteiger partial charge in [0.15, 0.2) is 0 Å². The van der Waals surface area contributed by atoms with Crippen LogP contribution in [0.15, 0.2) is 36.4 Å². The molecule has 1 atom stereocenters. The lowest BCUT2D eigenvalue weighted by Crippen LogP contribution is -2.29. The molecule has 0 aliphatic carbocycles. The van der Waals surface area contributed by atoms with Gasteiger partial charge in [0.05, 0.1) is 7.11 Å². The van der Waals surface area contributed by atoms with Crippen LogP contribution in [0, 0.1) is 0 Å². The highest BCUT2D eigenvalue weighted by atomic mass is 16.5. The molecule has 2 aromatic carbocycles. The van der Waals surface area contributed by atoms with Gasteiger partial charge >= 0.3 is 0 Å². The van der Waals surface area contributed by atoms with Gasteiger partial charge in [0.25, 0.3) is 0 Å². The zero-order valence-corrected chi connectivity index (χ0v) is 12.2. The summed E-state index contributed by atoms with van der Waals surface area (Å²) in [7, 11) is 3.79. The zero-order chi connectivity index (χ0) is 13.9. The molecule has 0 amide bonds. The van der Waals surface area contributed by atoms with Crippen molar-refractivity contribution in [2.45, 2.75) is 19.0 Å². The molecule has 0 aromatic heterocycles. The Labute approximate surface area is 120 Å². The third-order valence-electron chi connectivity index (χ3n) is 4.27. The third kappa shape index (κ3) is 2.51. The Morgan fingerprint density at radius 3 is 2.70 bits per heavy atom. The molecule has 1 aliphatic heterocycles. The first kappa shape index (κ1) is 13.4. The molecular weight excluding hydrogens is 248 g/mol. The van der Waals surface area contributed by atoms with Crippen molar-refractivity contribution >= 4 is 10.8 Å². The van der Waals surface area contributed by atoms with Crippen LogP contribution in [0.25, 0.3) is 10.8 Å². The zero-order valence-electron chi connectivity index (χ0n) is 12.2. The Morgan fingerprint density at radius 2 is 2.00 bits per heavy atom. The van der Waals surface area contributed by atoms with Crippen LogP contribution < -0.4 is 10.1 Å². The molecular formula is C17H22N2O. The van der Waals surface area contributed by atoms with E-state index >= 15 is 0 Å². The van der Waals surface area contributed by atoms with Crippen LogP contribution in [0.2, 0.25) is 0 Å². The van der Waals surface area contributed by atoms with E-state index in [1.807, 2.05) is 0 Å². The number of likely N-dealkylation sites (tertiary alicyclic amines) is 1. The number of nitrogens with one attached hydrogen (secondary N) is 1. The summed E-state index contributed by atoms with van der Waals surface area (Å²) in [4.78, 5) is 2.52. The predicted molar refractivity (Wildman–Crippen MR) is 83.2 cm³/mol. The average Bonchev–Trinajstić information content (AvgIpc) is 2.95. The molecule has 1 aliphatic rings. The van der Waals surface area contributed by atoms with Gasteiger partial charge in [-0.1, -0.05) is 30.3 Å². The number of hydrogen-bond donors (Lipinski definition) is 1. The molecule has 1 heterocycles. The fourth-order valence-corrected chi connectivity index (χ4v) is 3.10. The van der Waals surface area contributed by atoms with Gasteiger partial charge in [0.2, 0.25) is 0 Å². The van der Waals surface area contributed by atoms with E-state index in [0.29, 0.717) is 6.04 Å². The molecule has 1 saturated heterocycles. The Morgan fingerprint density at radius 1 is 1.20 bits per heavy atom. The number of nitrogens with zero attached hydrogens (tertiary/aromatic N) is 1. The van der Waals surface area contributed by atoms with Gasteiger partial charge in [-0.3, -0.25) is 4.90 Å². The lowest BCUT2D eigenvalue weighted by atomic mass is 10.0. The summed E-state index contributed by atoms with van der Waals surface area (Å²) in [6.07, 6.45) is 1.24. The first-order chi connectivity index (χ1) is 9.81. The van der Waals surface area contributed by atoms with E-state index in [-0.39, 0.29) is 0 Å². The van der Waals surface area contributed by atoms with Crippen LogP contribution in [0.5, 0.6) is 5.75 Å². The lowest BCUT2D eigenvalue weighted by Gasteiger charge is -2.18. The van der Waals surface area contributed by atoms with Crippen LogP contribution in [-0.4, -0.2) is 38.2 Å². The van der Waals surface area contributed by atoms with Crippen molar-refractivity contribution in [2.75, 3.05) is 27.2 Å². The predicted octanol–water partition coefficient (Wildman–Crippen LogP) is 2.64. The molecule has 0 saturated carbocycles. The number of fused-ring (bicyclic) bond motifs is 1. The quantitative estimate of drug-likeness (QED) is 0.924. The van der Waals surface area contributed by atoms with Crippen molar-refractivity contribution in [3.63, 3.8) is 0 Å². The second-order valence-corrected chi connectivity index (χ2v) is 5.48. The number of benzene rings is 2. The normalized spacial score (nSPS) is 19.6. The number of hydrogen-bond acceptors (Lipinski definition) is 3. The van der Waals surface area contributed by atoms with Gasteiger partial charge in [-0.05, 0) is 30.5 Å². The smallest absolute Gasteiger partial charge is 0.126 e. The molecule has 0 bridgehead atoms. The van der Waals surface area contributed by atoms with Gasteiger partial charge in [0, 0.05) is 31.1 Å². The summed E-state index contributed by atoms with van der Waals surface area (Å²) in [6, 6.07) is 13.4. The van der Waals surface area contributed by atoms with Crippen molar-refractivity contribution < 1.29 is 4.74 Å². The summed E-state index contributed by atoms with van der Waals surface area (Å²) in [6.45, 7) is 3.32. The maximum atomic E-state index is 5.46. The second-order valence-electron chi connectivity index (χ2n) is 5.48. The highest BCUT2D eigenvalue weighted by Gasteiger charge is 2.21. The summed E-state index contributed by atoms with van der Waals surface area (Å²) >= 11 is 0. The number of methoxy groups -OCH3 is 1. The fraction of sp³-hybridized carbons (Fsp3) is 0.412. The fourth-order valence-electron chi connectivity index (χ4n) is 3.10. The maximum Gasteiger partial charge on any atom is 0.126 e. The minimum absolute atomic E-state index is 0.638. The molecule has 3 heteroatoms.